The third kappa shape index (κ3) is 1.79. The molecule has 2 aliphatic rings. The first-order chi connectivity index (χ1) is 7.33. The molecule has 1 N–H and O–H groups in total. The van der Waals surface area contributed by atoms with Gasteiger partial charge < -0.3 is 5.32 Å². The van der Waals surface area contributed by atoms with E-state index in [0.29, 0.717) is 0 Å². The van der Waals surface area contributed by atoms with Crippen molar-refractivity contribution in [3.8, 4) is 0 Å². The number of hydrogen-bond acceptors (Lipinski definition) is 1. The van der Waals surface area contributed by atoms with Gasteiger partial charge in [-0.1, -0.05) is 23.7 Å². The summed E-state index contributed by atoms with van der Waals surface area (Å²) in [5.74, 6) is 2.57. The van der Waals surface area contributed by atoms with Crippen LogP contribution in [0.2, 0.25) is 5.02 Å². The Kier molecular flexibility index (Phi) is 2.45. The van der Waals surface area contributed by atoms with E-state index in [2.05, 4.69) is 23.5 Å². The molecule has 2 atom stereocenters. The molecule has 15 heavy (non-hydrogen) atoms. The predicted octanol–water partition coefficient (Wildman–Crippen LogP) is 3.05. The van der Waals surface area contributed by atoms with Gasteiger partial charge in [-0.15, -0.1) is 0 Å². The van der Waals surface area contributed by atoms with Crippen molar-refractivity contribution in [3.05, 3.63) is 34.9 Å². The van der Waals surface area contributed by atoms with Crippen molar-refractivity contribution >= 4 is 11.6 Å². The highest BCUT2D eigenvalue weighted by atomic mass is 35.5. The molecule has 1 heterocycles. The first-order valence-corrected chi connectivity index (χ1v) is 6.17. The van der Waals surface area contributed by atoms with Crippen molar-refractivity contribution in [3.63, 3.8) is 0 Å². The number of benzene rings is 1. The summed E-state index contributed by atoms with van der Waals surface area (Å²) in [6.07, 6.45) is 2.69. The van der Waals surface area contributed by atoms with Gasteiger partial charge in [-0.3, -0.25) is 0 Å². The van der Waals surface area contributed by atoms with Crippen LogP contribution in [0.3, 0.4) is 0 Å². The minimum Gasteiger partial charge on any atom is -0.316 e. The molecule has 0 amide bonds. The van der Waals surface area contributed by atoms with Crippen molar-refractivity contribution < 1.29 is 0 Å². The number of fused-ring (bicyclic) bond motifs is 1. The molecule has 0 aromatic heterocycles. The molecule has 0 radical (unpaired) electrons. The predicted molar refractivity (Wildman–Crippen MR) is 63.3 cm³/mol. The quantitative estimate of drug-likeness (QED) is 0.769. The zero-order valence-corrected chi connectivity index (χ0v) is 9.50. The van der Waals surface area contributed by atoms with Crippen LogP contribution in [0.1, 0.15) is 24.3 Å². The monoisotopic (exact) mass is 221 g/mol. The van der Waals surface area contributed by atoms with Crippen molar-refractivity contribution in [1.82, 2.24) is 5.32 Å². The lowest BCUT2D eigenvalue weighted by atomic mass is 9.96. The van der Waals surface area contributed by atoms with Crippen LogP contribution in [0.5, 0.6) is 0 Å². The van der Waals surface area contributed by atoms with Crippen LogP contribution in [0, 0.1) is 11.8 Å². The standard InChI is InChI=1S/C13H16ClN/c14-13-3-1-2-9(6-13)10-4-11-7-15-8-12(11)5-10/h1-3,6,10-12,15H,4-5,7-8H2. The first-order valence-electron chi connectivity index (χ1n) is 5.79. The summed E-state index contributed by atoms with van der Waals surface area (Å²) in [5, 5.41) is 4.36. The second-order valence-corrected chi connectivity index (χ2v) is 5.34. The Morgan fingerprint density at radius 1 is 1.13 bits per heavy atom. The number of hydrogen-bond donors (Lipinski definition) is 1. The van der Waals surface area contributed by atoms with Crippen LogP contribution in [0.4, 0.5) is 0 Å². The normalized spacial score (nSPS) is 34.3. The molecule has 80 valence electrons. The lowest BCUT2D eigenvalue weighted by molar-refractivity contribution is 0.494. The Morgan fingerprint density at radius 3 is 2.53 bits per heavy atom. The SMILES string of the molecule is Clc1cccc(C2CC3CNCC3C2)c1. The molecule has 2 fully saturated rings. The van der Waals surface area contributed by atoms with Gasteiger partial charge in [0, 0.05) is 5.02 Å². The highest BCUT2D eigenvalue weighted by Gasteiger charge is 2.37. The molecule has 2 unspecified atom stereocenters. The summed E-state index contributed by atoms with van der Waals surface area (Å²) < 4.78 is 0. The van der Waals surface area contributed by atoms with E-state index in [-0.39, 0.29) is 0 Å². The van der Waals surface area contributed by atoms with E-state index in [9.17, 15) is 0 Å². The smallest absolute Gasteiger partial charge is 0.0408 e. The zero-order chi connectivity index (χ0) is 10.3. The summed E-state index contributed by atoms with van der Waals surface area (Å²) in [7, 11) is 0. The first kappa shape index (κ1) is 9.68. The fraction of sp³-hybridized carbons (Fsp3) is 0.538. The van der Waals surface area contributed by atoms with Crippen LogP contribution >= 0.6 is 11.6 Å². The van der Waals surface area contributed by atoms with Crippen molar-refractivity contribution in [1.29, 1.82) is 0 Å². The summed E-state index contributed by atoms with van der Waals surface area (Å²) in [4.78, 5) is 0. The highest BCUT2D eigenvalue weighted by molar-refractivity contribution is 6.30. The number of halogens is 1. The van der Waals surface area contributed by atoms with Gasteiger partial charge in [0.25, 0.3) is 0 Å². The van der Waals surface area contributed by atoms with Crippen molar-refractivity contribution in [2.75, 3.05) is 13.1 Å². The average Bonchev–Trinajstić information content (AvgIpc) is 2.76. The van der Waals surface area contributed by atoms with Gasteiger partial charge in [0.05, 0.1) is 0 Å². The highest BCUT2D eigenvalue weighted by Crippen LogP contribution is 2.44. The topological polar surface area (TPSA) is 12.0 Å². The Bertz CT molecular complexity index is 351. The third-order valence-electron chi connectivity index (χ3n) is 3.97. The Hall–Kier alpha value is -0.530. The Balaban J connectivity index is 1.79. The second-order valence-electron chi connectivity index (χ2n) is 4.90. The van der Waals surface area contributed by atoms with E-state index in [1.807, 2.05) is 6.07 Å². The largest absolute Gasteiger partial charge is 0.316 e. The fourth-order valence-corrected chi connectivity index (χ4v) is 3.40. The van der Waals surface area contributed by atoms with E-state index in [4.69, 9.17) is 11.6 Å². The van der Waals surface area contributed by atoms with Crippen molar-refractivity contribution in [2.24, 2.45) is 11.8 Å². The molecule has 2 heteroatoms. The maximum Gasteiger partial charge on any atom is 0.0408 e. The molecule has 0 spiro atoms. The van der Waals surface area contributed by atoms with Gasteiger partial charge in [-0.05, 0) is 61.4 Å². The third-order valence-corrected chi connectivity index (χ3v) is 4.21. The van der Waals surface area contributed by atoms with Crippen LogP contribution in [-0.4, -0.2) is 13.1 Å². The maximum absolute atomic E-state index is 6.03. The Labute approximate surface area is 95.8 Å². The molecule has 1 nitrogen and oxygen atoms in total. The molecule has 1 aliphatic heterocycles. The lowest BCUT2D eigenvalue weighted by Crippen LogP contribution is -2.11. The van der Waals surface area contributed by atoms with Gasteiger partial charge in [-0.25, -0.2) is 0 Å². The van der Waals surface area contributed by atoms with E-state index in [0.717, 1.165) is 22.8 Å². The summed E-state index contributed by atoms with van der Waals surface area (Å²) in [6.45, 7) is 2.45. The molecular weight excluding hydrogens is 206 g/mol. The van der Waals surface area contributed by atoms with Gasteiger partial charge >= 0.3 is 0 Å². The van der Waals surface area contributed by atoms with Crippen LogP contribution in [0.15, 0.2) is 24.3 Å². The van der Waals surface area contributed by atoms with Gasteiger partial charge in [-0.2, -0.15) is 0 Å². The van der Waals surface area contributed by atoms with E-state index in [1.165, 1.54) is 31.5 Å². The molecule has 1 aliphatic carbocycles. The van der Waals surface area contributed by atoms with Gasteiger partial charge in [0.15, 0.2) is 0 Å². The maximum atomic E-state index is 6.03. The van der Waals surface area contributed by atoms with E-state index < -0.39 is 0 Å². The Morgan fingerprint density at radius 2 is 1.87 bits per heavy atom. The van der Waals surface area contributed by atoms with Crippen LogP contribution in [-0.2, 0) is 0 Å². The minimum atomic E-state index is 0.751. The van der Waals surface area contributed by atoms with Gasteiger partial charge in [0.1, 0.15) is 0 Å². The zero-order valence-electron chi connectivity index (χ0n) is 8.75. The van der Waals surface area contributed by atoms with Crippen LogP contribution in [0.25, 0.3) is 0 Å². The van der Waals surface area contributed by atoms with Gasteiger partial charge in [0.2, 0.25) is 0 Å². The van der Waals surface area contributed by atoms with Crippen molar-refractivity contribution in [2.45, 2.75) is 18.8 Å². The summed E-state index contributed by atoms with van der Waals surface area (Å²) in [6, 6.07) is 8.40. The molecular formula is C13H16ClN. The average molecular weight is 222 g/mol. The minimum absolute atomic E-state index is 0.751. The van der Waals surface area contributed by atoms with E-state index >= 15 is 0 Å². The second kappa shape index (κ2) is 3.80. The summed E-state index contributed by atoms with van der Waals surface area (Å²) in [5.41, 5.74) is 1.44. The van der Waals surface area contributed by atoms with Crippen LogP contribution < -0.4 is 5.32 Å². The van der Waals surface area contributed by atoms with E-state index in [1.54, 1.807) is 0 Å². The number of rotatable bonds is 1. The lowest BCUT2D eigenvalue weighted by Gasteiger charge is -2.11. The molecule has 3 rings (SSSR count). The number of nitrogens with one attached hydrogen (secondary N) is 1. The molecule has 1 aromatic rings. The fourth-order valence-electron chi connectivity index (χ4n) is 3.20. The summed E-state index contributed by atoms with van der Waals surface area (Å²) >= 11 is 6.03. The molecule has 0 bridgehead atoms. The molecule has 1 aromatic carbocycles. The molecule has 1 saturated heterocycles. The molecule has 1 saturated carbocycles.